The highest BCUT2D eigenvalue weighted by Crippen LogP contribution is 2.22. The topological polar surface area (TPSA) is 125 Å². The van der Waals surface area contributed by atoms with E-state index in [1.165, 1.54) is 48.0 Å². The zero-order valence-electron chi connectivity index (χ0n) is 13.8. The summed E-state index contributed by atoms with van der Waals surface area (Å²) in [4.78, 5) is 25.6. The number of nitrogens with zero attached hydrogens (tertiary/aromatic N) is 4. The van der Waals surface area contributed by atoms with Crippen LogP contribution in [0.4, 0.5) is 5.69 Å². The molecular weight excluding hydrogens is 392 g/mol. The number of carbonyl (C=O) groups excluding carboxylic acids is 1. The Labute approximate surface area is 157 Å². The molecule has 3 aromatic rings. The van der Waals surface area contributed by atoms with E-state index >= 15 is 0 Å². The van der Waals surface area contributed by atoms with Crippen molar-refractivity contribution in [1.82, 2.24) is 9.78 Å². The number of benzene rings is 2. The molecular formula is C16H12N4O5S2. The van der Waals surface area contributed by atoms with Crippen LogP contribution in [0.1, 0.15) is 6.92 Å². The number of sulfone groups is 1. The number of amides is 1. The minimum Gasteiger partial charge on any atom is -0.273 e. The van der Waals surface area contributed by atoms with Gasteiger partial charge in [-0.2, -0.15) is 4.99 Å². The molecule has 27 heavy (non-hydrogen) atoms. The van der Waals surface area contributed by atoms with Crippen LogP contribution in [-0.2, 0) is 14.6 Å². The number of carbonyl (C=O) groups is 1. The molecule has 2 aromatic carbocycles. The van der Waals surface area contributed by atoms with Crippen molar-refractivity contribution >= 4 is 32.8 Å². The van der Waals surface area contributed by atoms with E-state index in [4.69, 9.17) is 0 Å². The van der Waals surface area contributed by atoms with Crippen molar-refractivity contribution in [3.05, 3.63) is 69.5 Å². The molecule has 1 amide bonds. The van der Waals surface area contributed by atoms with Crippen LogP contribution in [0, 0.1) is 10.1 Å². The van der Waals surface area contributed by atoms with Crippen LogP contribution < -0.4 is 4.80 Å². The third-order valence-electron chi connectivity index (χ3n) is 3.38. The zero-order chi connectivity index (χ0) is 19.6. The van der Waals surface area contributed by atoms with Crippen molar-refractivity contribution < 1.29 is 18.1 Å². The fourth-order valence-corrected chi connectivity index (χ4v) is 4.71. The third-order valence-corrected chi connectivity index (χ3v) is 6.43. The van der Waals surface area contributed by atoms with E-state index in [-0.39, 0.29) is 19.7 Å². The van der Waals surface area contributed by atoms with Gasteiger partial charge in [-0.15, -0.1) is 5.10 Å². The van der Waals surface area contributed by atoms with Crippen molar-refractivity contribution in [2.24, 2.45) is 4.99 Å². The van der Waals surface area contributed by atoms with Crippen LogP contribution in [-0.4, -0.2) is 29.0 Å². The minimum absolute atomic E-state index is 0.0471. The lowest BCUT2D eigenvalue weighted by molar-refractivity contribution is -0.384. The standard InChI is InChI=1S/C16H12N4O5S2/c1-11(21)17-15-19(12-7-9-13(10-8-12)20(22)23)18-16(26-15)27(24,25)14-5-3-2-4-6-14/h2-10H,1H3. The van der Waals surface area contributed by atoms with Gasteiger partial charge in [0.25, 0.3) is 5.69 Å². The Kier molecular flexibility index (Phi) is 4.97. The molecule has 0 radical (unpaired) electrons. The molecule has 0 bridgehead atoms. The first-order valence-electron chi connectivity index (χ1n) is 7.49. The minimum atomic E-state index is -3.90. The molecule has 0 saturated carbocycles. The number of nitro groups is 1. The molecule has 1 heterocycles. The largest absolute Gasteiger partial charge is 0.273 e. The molecule has 0 aliphatic rings. The predicted molar refractivity (Wildman–Crippen MR) is 96.2 cm³/mol. The maximum absolute atomic E-state index is 12.8. The quantitative estimate of drug-likeness (QED) is 0.484. The molecule has 1 aromatic heterocycles. The summed E-state index contributed by atoms with van der Waals surface area (Å²) in [5.74, 6) is -0.530. The van der Waals surface area contributed by atoms with Gasteiger partial charge >= 0.3 is 0 Å². The molecule has 0 fully saturated rings. The van der Waals surface area contributed by atoms with Gasteiger partial charge in [0.15, 0.2) is 0 Å². The maximum Gasteiger partial charge on any atom is 0.269 e. The Morgan fingerprint density at radius 3 is 2.33 bits per heavy atom. The van der Waals surface area contributed by atoms with Gasteiger partial charge in [0.2, 0.25) is 24.9 Å². The van der Waals surface area contributed by atoms with Crippen LogP contribution in [0.2, 0.25) is 0 Å². The van der Waals surface area contributed by atoms with Gasteiger partial charge in [-0.05, 0) is 24.3 Å². The maximum atomic E-state index is 12.8. The molecule has 11 heteroatoms. The summed E-state index contributed by atoms with van der Waals surface area (Å²) in [6.07, 6.45) is 0. The van der Waals surface area contributed by atoms with Gasteiger partial charge < -0.3 is 0 Å². The lowest BCUT2D eigenvalue weighted by Gasteiger charge is -2.01. The molecule has 0 atom stereocenters. The van der Waals surface area contributed by atoms with Gasteiger partial charge in [-0.3, -0.25) is 14.9 Å². The zero-order valence-corrected chi connectivity index (χ0v) is 15.5. The van der Waals surface area contributed by atoms with E-state index in [0.29, 0.717) is 5.69 Å². The van der Waals surface area contributed by atoms with Crippen LogP contribution in [0.25, 0.3) is 5.69 Å². The highest BCUT2D eigenvalue weighted by atomic mass is 32.2. The third kappa shape index (κ3) is 3.83. The lowest BCUT2D eigenvalue weighted by atomic mass is 10.3. The summed E-state index contributed by atoms with van der Waals surface area (Å²) in [5, 5.41) is 14.9. The van der Waals surface area contributed by atoms with E-state index in [9.17, 15) is 23.3 Å². The first-order valence-corrected chi connectivity index (χ1v) is 9.79. The van der Waals surface area contributed by atoms with E-state index in [1.807, 2.05) is 0 Å². The van der Waals surface area contributed by atoms with Crippen LogP contribution in [0.15, 0.2) is 68.8 Å². The SMILES string of the molecule is CC(=O)N=c1sc(S(=O)(=O)c2ccccc2)nn1-c1ccc([N+](=O)[O-])cc1. The summed E-state index contributed by atoms with van der Waals surface area (Å²) >= 11 is 0.737. The van der Waals surface area contributed by atoms with Crippen molar-refractivity contribution in [2.45, 2.75) is 16.2 Å². The molecule has 0 N–H and O–H groups in total. The van der Waals surface area contributed by atoms with E-state index in [2.05, 4.69) is 10.1 Å². The lowest BCUT2D eigenvalue weighted by Crippen LogP contribution is -2.16. The predicted octanol–water partition coefficient (Wildman–Crippen LogP) is 2.12. The molecule has 0 saturated heterocycles. The fraction of sp³-hybridized carbons (Fsp3) is 0.0625. The summed E-state index contributed by atoms with van der Waals surface area (Å²) in [6, 6.07) is 13.1. The normalized spacial score (nSPS) is 12.1. The number of non-ortho nitro benzene ring substituents is 1. The van der Waals surface area contributed by atoms with Gasteiger partial charge in [0, 0.05) is 19.1 Å². The Morgan fingerprint density at radius 1 is 1.15 bits per heavy atom. The monoisotopic (exact) mass is 404 g/mol. The van der Waals surface area contributed by atoms with Crippen LogP contribution in [0.3, 0.4) is 0 Å². The summed E-state index contributed by atoms with van der Waals surface area (Å²) in [7, 11) is -3.90. The number of hydrogen-bond donors (Lipinski definition) is 0. The number of rotatable bonds is 4. The van der Waals surface area contributed by atoms with E-state index in [1.54, 1.807) is 18.2 Å². The van der Waals surface area contributed by atoms with Gasteiger partial charge in [0.1, 0.15) is 0 Å². The first-order chi connectivity index (χ1) is 12.8. The van der Waals surface area contributed by atoms with Crippen LogP contribution in [0.5, 0.6) is 0 Å². The molecule has 3 rings (SSSR count). The second-order valence-electron chi connectivity index (χ2n) is 5.28. The van der Waals surface area contributed by atoms with Crippen molar-refractivity contribution in [3.8, 4) is 5.69 Å². The summed E-state index contributed by atoms with van der Waals surface area (Å²) in [6.45, 7) is 1.23. The second-order valence-corrected chi connectivity index (χ2v) is 8.36. The van der Waals surface area contributed by atoms with Gasteiger partial charge in [0.05, 0.1) is 15.5 Å². The van der Waals surface area contributed by atoms with Crippen molar-refractivity contribution in [3.63, 3.8) is 0 Å². The molecule has 0 aliphatic carbocycles. The van der Waals surface area contributed by atoms with Gasteiger partial charge in [-0.25, -0.2) is 13.1 Å². The first kappa shape index (κ1) is 18.6. The average Bonchev–Trinajstić information content (AvgIpc) is 3.06. The Hall–Kier alpha value is -3.18. The van der Waals surface area contributed by atoms with Gasteiger partial charge in [-0.1, -0.05) is 29.5 Å². The molecule has 0 unspecified atom stereocenters. The Balaban J connectivity index is 2.18. The van der Waals surface area contributed by atoms with Crippen LogP contribution >= 0.6 is 11.3 Å². The van der Waals surface area contributed by atoms with Crippen molar-refractivity contribution in [2.75, 3.05) is 0 Å². The molecule has 9 nitrogen and oxygen atoms in total. The number of nitro benzene ring substituents is 1. The number of hydrogen-bond acceptors (Lipinski definition) is 7. The van der Waals surface area contributed by atoms with Crippen molar-refractivity contribution in [1.29, 1.82) is 0 Å². The van der Waals surface area contributed by atoms with E-state index < -0.39 is 20.7 Å². The van der Waals surface area contributed by atoms with E-state index in [0.717, 1.165) is 11.3 Å². The summed E-state index contributed by atoms with van der Waals surface area (Å²) < 4.78 is 26.5. The highest BCUT2D eigenvalue weighted by molar-refractivity contribution is 7.93. The summed E-state index contributed by atoms with van der Waals surface area (Å²) in [5.41, 5.74) is 0.211. The molecule has 138 valence electrons. The second kappa shape index (κ2) is 7.21. The number of aromatic nitrogens is 2. The Morgan fingerprint density at radius 2 is 1.78 bits per heavy atom. The Bertz CT molecular complexity index is 1180. The smallest absolute Gasteiger partial charge is 0.269 e. The molecule has 0 aliphatic heterocycles. The fourth-order valence-electron chi connectivity index (χ4n) is 2.16. The molecule has 0 spiro atoms. The average molecular weight is 404 g/mol. The highest BCUT2D eigenvalue weighted by Gasteiger charge is 2.23.